The van der Waals surface area contributed by atoms with Crippen LogP contribution in [0.3, 0.4) is 0 Å². The predicted octanol–water partition coefficient (Wildman–Crippen LogP) is 5.56. The monoisotopic (exact) mass is 473 g/mol. The van der Waals surface area contributed by atoms with E-state index in [1.807, 2.05) is 0 Å². The second-order valence-corrected chi connectivity index (χ2v) is 8.34. The molecule has 156 valence electrons. The first-order valence-corrected chi connectivity index (χ1v) is 10.8. The minimum atomic E-state index is -0.417. The summed E-state index contributed by atoms with van der Waals surface area (Å²) in [5.41, 5.74) is 1.12. The summed E-state index contributed by atoms with van der Waals surface area (Å²) in [4.78, 5) is 30.1. The molecule has 1 heterocycles. The van der Waals surface area contributed by atoms with Crippen LogP contribution >= 0.6 is 35.0 Å². The molecule has 1 aromatic heterocycles. The number of benzene rings is 3. The Morgan fingerprint density at radius 2 is 1.71 bits per heavy atom. The van der Waals surface area contributed by atoms with Gasteiger partial charge in [-0.25, -0.2) is 9.37 Å². The standard InChI is InChI=1S/C22H14Cl2FN3O2S/c23-13-9-14(24)11-16(10-13)26-20(29)12-31-22-27-19-4-2-1-3-18(19)21(30)28(22)17-7-5-15(25)6-8-17/h1-11H,12H2,(H,26,29). The molecule has 9 heteroatoms. The van der Waals surface area contributed by atoms with Gasteiger partial charge in [0, 0.05) is 15.7 Å². The predicted molar refractivity (Wildman–Crippen MR) is 123 cm³/mol. The number of fused-ring (bicyclic) bond motifs is 1. The van der Waals surface area contributed by atoms with Crippen LogP contribution in [-0.2, 0) is 4.79 Å². The van der Waals surface area contributed by atoms with Crippen molar-refractivity contribution in [3.05, 3.63) is 92.9 Å². The molecule has 0 unspecified atom stereocenters. The number of anilines is 1. The number of carbonyl (C=O) groups is 1. The van der Waals surface area contributed by atoms with E-state index in [9.17, 15) is 14.0 Å². The van der Waals surface area contributed by atoms with Crippen LogP contribution in [0.4, 0.5) is 10.1 Å². The number of carbonyl (C=O) groups excluding carboxylic acids is 1. The third-order valence-corrected chi connectivity index (χ3v) is 5.68. The highest BCUT2D eigenvalue weighted by molar-refractivity contribution is 7.99. The van der Waals surface area contributed by atoms with Crippen molar-refractivity contribution in [3.63, 3.8) is 0 Å². The quantitative estimate of drug-likeness (QED) is 0.304. The van der Waals surface area contributed by atoms with Crippen LogP contribution in [-0.4, -0.2) is 21.2 Å². The molecular formula is C22H14Cl2FN3O2S. The van der Waals surface area contributed by atoms with Crippen molar-refractivity contribution in [2.45, 2.75) is 5.16 Å². The number of nitrogens with zero attached hydrogens (tertiary/aromatic N) is 2. The highest BCUT2D eigenvalue weighted by Crippen LogP contribution is 2.24. The number of rotatable bonds is 5. The van der Waals surface area contributed by atoms with Crippen molar-refractivity contribution in [2.24, 2.45) is 0 Å². The zero-order valence-corrected chi connectivity index (χ0v) is 18.1. The Labute approximate surface area is 190 Å². The van der Waals surface area contributed by atoms with Gasteiger partial charge in [-0.3, -0.25) is 14.2 Å². The molecule has 4 aromatic rings. The van der Waals surface area contributed by atoms with Gasteiger partial charge in [-0.15, -0.1) is 0 Å². The van der Waals surface area contributed by atoms with E-state index < -0.39 is 5.82 Å². The second-order valence-electron chi connectivity index (χ2n) is 6.52. The van der Waals surface area contributed by atoms with Crippen molar-refractivity contribution in [1.82, 2.24) is 9.55 Å². The maximum Gasteiger partial charge on any atom is 0.266 e. The van der Waals surface area contributed by atoms with Crippen molar-refractivity contribution >= 4 is 57.5 Å². The van der Waals surface area contributed by atoms with E-state index in [2.05, 4.69) is 10.3 Å². The zero-order valence-electron chi connectivity index (χ0n) is 15.8. The highest BCUT2D eigenvalue weighted by Gasteiger charge is 2.15. The van der Waals surface area contributed by atoms with Gasteiger partial charge in [-0.2, -0.15) is 0 Å². The summed E-state index contributed by atoms with van der Waals surface area (Å²) >= 11 is 13.0. The van der Waals surface area contributed by atoms with E-state index in [1.54, 1.807) is 42.5 Å². The van der Waals surface area contributed by atoms with Crippen LogP contribution in [0.2, 0.25) is 10.0 Å². The van der Waals surface area contributed by atoms with E-state index in [1.165, 1.54) is 28.8 Å². The largest absolute Gasteiger partial charge is 0.325 e. The van der Waals surface area contributed by atoms with Gasteiger partial charge in [0.1, 0.15) is 5.82 Å². The van der Waals surface area contributed by atoms with Crippen LogP contribution < -0.4 is 10.9 Å². The third kappa shape index (κ3) is 4.90. The van der Waals surface area contributed by atoms with Crippen LogP contribution in [0, 0.1) is 5.82 Å². The van der Waals surface area contributed by atoms with Crippen LogP contribution in [0.25, 0.3) is 16.6 Å². The highest BCUT2D eigenvalue weighted by atomic mass is 35.5. The lowest BCUT2D eigenvalue weighted by atomic mass is 10.2. The summed E-state index contributed by atoms with van der Waals surface area (Å²) in [7, 11) is 0. The fraction of sp³-hybridized carbons (Fsp3) is 0.0455. The molecular weight excluding hydrogens is 460 g/mol. The van der Waals surface area contributed by atoms with Crippen molar-refractivity contribution in [1.29, 1.82) is 0 Å². The number of nitrogens with one attached hydrogen (secondary N) is 1. The van der Waals surface area contributed by atoms with Crippen molar-refractivity contribution in [3.8, 4) is 5.69 Å². The van der Waals surface area contributed by atoms with Gasteiger partial charge < -0.3 is 5.32 Å². The number of aromatic nitrogens is 2. The normalized spacial score (nSPS) is 10.9. The van der Waals surface area contributed by atoms with Crippen LogP contribution in [0.5, 0.6) is 0 Å². The number of halogens is 3. The number of hydrogen-bond acceptors (Lipinski definition) is 4. The molecule has 1 amide bonds. The van der Waals surface area contributed by atoms with Crippen LogP contribution in [0.15, 0.2) is 76.7 Å². The average molecular weight is 474 g/mol. The summed E-state index contributed by atoms with van der Waals surface area (Å²) in [6.45, 7) is 0. The maximum absolute atomic E-state index is 13.4. The zero-order chi connectivity index (χ0) is 22.0. The number of thioether (sulfide) groups is 1. The molecule has 0 aliphatic rings. The lowest BCUT2D eigenvalue weighted by Crippen LogP contribution is -2.23. The maximum atomic E-state index is 13.4. The summed E-state index contributed by atoms with van der Waals surface area (Å²) in [6, 6.07) is 17.2. The lowest BCUT2D eigenvalue weighted by Gasteiger charge is -2.13. The van der Waals surface area contributed by atoms with Gasteiger partial charge in [0.15, 0.2) is 5.16 Å². The molecule has 0 saturated carbocycles. The SMILES string of the molecule is O=C(CSc1nc2ccccc2c(=O)n1-c1ccc(F)cc1)Nc1cc(Cl)cc(Cl)c1. The molecule has 0 aliphatic carbocycles. The second kappa shape index (κ2) is 9.09. The van der Waals surface area contributed by atoms with Crippen molar-refractivity contribution in [2.75, 3.05) is 11.1 Å². The molecule has 0 fully saturated rings. The summed E-state index contributed by atoms with van der Waals surface area (Å²) in [5.74, 6) is -0.758. The van der Waals surface area contributed by atoms with Gasteiger partial charge in [0.25, 0.3) is 5.56 Å². The number of amides is 1. The third-order valence-electron chi connectivity index (χ3n) is 4.31. The smallest absolute Gasteiger partial charge is 0.266 e. The van der Waals surface area contributed by atoms with E-state index in [0.29, 0.717) is 37.5 Å². The van der Waals surface area contributed by atoms with E-state index in [0.717, 1.165) is 11.8 Å². The molecule has 1 N–H and O–H groups in total. The Balaban J connectivity index is 1.66. The van der Waals surface area contributed by atoms with Crippen LogP contribution in [0.1, 0.15) is 0 Å². The minimum Gasteiger partial charge on any atom is -0.325 e. The molecule has 3 aromatic carbocycles. The summed E-state index contributed by atoms with van der Waals surface area (Å²) in [6.07, 6.45) is 0. The molecule has 4 rings (SSSR count). The fourth-order valence-electron chi connectivity index (χ4n) is 2.98. The molecule has 0 bridgehead atoms. The van der Waals surface area contributed by atoms with E-state index >= 15 is 0 Å². The average Bonchev–Trinajstić information content (AvgIpc) is 2.72. The first-order valence-electron chi connectivity index (χ1n) is 9.07. The Kier molecular flexibility index (Phi) is 6.27. The minimum absolute atomic E-state index is 0.0178. The van der Waals surface area contributed by atoms with Crippen molar-refractivity contribution < 1.29 is 9.18 Å². The Bertz CT molecular complexity index is 1320. The van der Waals surface area contributed by atoms with Gasteiger partial charge >= 0.3 is 0 Å². The molecule has 0 radical (unpaired) electrons. The Morgan fingerprint density at radius 3 is 2.42 bits per heavy atom. The Hall–Kier alpha value is -2.87. The molecule has 31 heavy (non-hydrogen) atoms. The topological polar surface area (TPSA) is 64.0 Å². The van der Waals surface area contributed by atoms with Gasteiger partial charge in [-0.05, 0) is 54.6 Å². The van der Waals surface area contributed by atoms with Gasteiger partial charge in [0.05, 0.1) is 22.3 Å². The molecule has 5 nitrogen and oxygen atoms in total. The van der Waals surface area contributed by atoms with Gasteiger partial charge in [-0.1, -0.05) is 47.1 Å². The van der Waals surface area contributed by atoms with E-state index in [-0.39, 0.29) is 17.2 Å². The van der Waals surface area contributed by atoms with Gasteiger partial charge in [0.2, 0.25) is 5.91 Å². The molecule has 0 atom stereocenters. The summed E-state index contributed by atoms with van der Waals surface area (Å²) < 4.78 is 14.8. The molecule has 0 spiro atoms. The number of hydrogen-bond donors (Lipinski definition) is 1. The van der Waals surface area contributed by atoms with E-state index in [4.69, 9.17) is 23.2 Å². The molecule has 0 saturated heterocycles. The Morgan fingerprint density at radius 1 is 1.03 bits per heavy atom. The summed E-state index contributed by atoms with van der Waals surface area (Å²) in [5, 5.41) is 4.26. The first kappa shape index (κ1) is 21.4. The lowest BCUT2D eigenvalue weighted by molar-refractivity contribution is -0.113. The number of para-hydroxylation sites is 1. The fourth-order valence-corrected chi connectivity index (χ4v) is 4.32. The first-order chi connectivity index (χ1) is 14.9. The molecule has 0 aliphatic heterocycles.